The fraction of sp³-hybridized carbons (Fsp3) is 0.385. The van der Waals surface area contributed by atoms with Crippen molar-refractivity contribution in [2.24, 2.45) is 5.92 Å². The molecular formula is C13H14F2N2O2. The zero-order chi connectivity index (χ0) is 14.3. The third kappa shape index (κ3) is 4.92. The Morgan fingerprint density at radius 1 is 1.42 bits per heavy atom. The SMILES string of the molecule is CCCC(C#N)C(=O)Nc1ccc(OC(F)F)cc1. The summed E-state index contributed by atoms with van der Waals surface area (Å²) in [5.74, 6) is -1.09. The molecule has 0 aromatic heterocycles. The minimum Gasteiger partial charge on any atom is -0.435 e. The molecule has 1 aromatic rings. The molecule has 0 fully saturated rings. The number of nitrogens with zero attached hydrogens (tertiary/aromatic N) is 1. The molecule has 4 nitrogen and oxygen atoms in total. The summed E-state index contributed by atoms with van der Waals surface area (Å²) in [6.07, 6.45) is 1.21. The van der Waals surface area contributed by atoms with Crippen LogP contribution in [0.25, 0.3) is 0 Å². The van der Waals surface area contributed by atoms with Gasteiger partial charge in [-0.25, -0.2) is 0 Å². The highest BCUT2D eigenvalue weighted by Gasteiger charge is 2.16. The number of ether oxygens (including phenoxy) is 1. The van der Waals surface area contributed by atoms with Crippen LogP contribution < -0.4 is 10.1 Å². The van der Waals surface area contributed by atoms with Crippen molar-refractivity contribution >= 4 is 11.6 Å². The van der Waals surface area contributed by atoms with E-state index in [0.717, 1.165) is 6.42 Å². The third-order valence-corrected chi connectivity index (χ3v) is 2.40. The Morgan fingerprint density at radius 2 is 2.05 bits per heavy atom. The maximum atomic E-state index is 11.9. The Hall–Kier alpha value is -2.16. The van der Waals surface area contributed by atoms with Crippen LogP contribution in [0.15, 0.2) is 24.3 Å². The second-order valence-electron chi connectivity index (χ2n) is 3.86. The Bertz CT molecular complexity index is 455. The minimum atomic E-state index is -2.88. The number of amides is 1. The number of benzene rings is 1. The van der Waals surface area contributed by atoms with Gasteiger partial charge in [0.25, 0.3) is 0 Å². The lowest BCUT2D eigenvalue weighted by Crippen LogP contribution is -2.21. The Balaban J connectivity index is 2.62. The van der Waals surface area contributed by atoms with Crippen molar-refractivity contribution in [3.63, 3.8) is 0 Å². The smallest absolute Gasteiger partial charge is 0.387 e. The van der Waals surface area contributed by atoms with Gasteiger partial charge in [0.15, 0.2) is 0 Å². The number of halogens is 2. The molecule has 19 heavy (non-hydrogen) atoms. The maximum Gasteiger partial charge on any atom is 0.387 e. The van der Waals surface area contributed by atoms with Crippen molar-refractivity contribution in [3.05, 3.63) is 24.3 Å². The van der Waals surface area contributed by atoms with Gasteiger partial charge in [-0.05, 0) is 30.7 Å². The molecule has 0 radical (unpaired) electrons. The van der Waals surface area contributed by atoms with Gasteiger partial charge in [0.1, 0.15) is 11.7 Å². The fourth-order valence-electron chi connectivity index (χ4n) is 1.49. The number of hydrogen-bond acceptors (Lipinski definition) is 3. The van der Waals surface area contributed by atoms with Gasteiger partial charge in [-0.2, -0.15) is 14.0 Å². The molecular weight excluding hydrogens is 254 g/mol. The Kier molecular flexibility index (Phi) is 5.73. The zero-order valence-electron chi connectivity index (χ0n) is 10.4. The molecule has 0 aliphatic carbocycles. The predicted molar refractivity (Wildman–Crippen MR) is 65.7 cm³/mol. The van der Waals surface area contributed by atoms with Gasteiger partial charge >= 0.3 is 6.61 Å². The molecule has 0 saturated heterocycles. The van der Waals surface area contributed by atoms with E-state index in [0.29, 0.717) is 12.1 Å². The third-order valence-electron chi connectivity index (χ3n) is 2.40. The van der Waals surface area contributed by atoms with E-state index in [2.05, 4.69) is 10.1 Å². The summed E-state index contributed by atoms with van der Waals surface area (Å²) < 4.78 is 28.1. The number of hydrogen-bond donors (Lipinski definition) is 1. The van der Waals surface area contributed by atoms with Crippen LogP contribution in [0.1, 0.15) is 19.8 Å². The maximum absolute atomic E-state index is 11.9. The van der Waals surface area contributed by atoms with Gasteiger partial charge in [0.05, 0.1) is 6.07 Å². The van der Waals surface area contributed by atoms with Crippen molar-refractivity contribution in [2.45, 2.75) is 26.4 Å². The highest BCUT2D eigenvalue weighted by Crippen LogP contribution is 2.18. The zero-order valence-corrected chi connectivity index (χ0v) is 10.4. The number of carbonyl (C=O) groups is 1. The molecule has 0 spiro atoms. The van der Waals surface area contributed by atoms with Crippen LogP contribution in [-0.4, -0.2) is 12.5 Å². The standard InChI is InChI=1S/C13H14F2N2O2/c1-2-3-9(8-16)12(18)17-10-4-6-11(7-5-10)19-13(14)15/h4-7,9,13H,2-3H2,1H3,(H,17,18). The molecule has 1 atom stereocenters. The van der Waals surface area contributed by atoms with Crippen molar-refractivity contribution in [2.75, 3.05) is 5.32 Å². The first-order valence-corrected chi connectivity index (χ1v) is 5.82. The molecule has 6 heteroatoms. The lowest BCUT2D eigenvalue weighted by atomic mass is 10.0. The Morgan fingerprint density at radius 3 is 2.53 bits per heavy atom. The molecule has 1 N–H and O–H groups in total. The number of carbonyl (C=O) groups excluding carboxylic acids is 1. The molecule has 0 saturated carbocycles. The lowest BCUT2D eigenvalue weighted by molar-refractivity contribution is -0.118. The monoisotopic (exact) mass is 268 g/mol. The molecule has 0 heterocycles. The summed E-state index contributed by atoms with van der Waals surface area (Å²) in [7, 11) is 0. The number of rotatable bonds is 6. The van der Waals surface area contributed by atoms with Gasteiger partial charge in [0.2, 0.25) is 5.91 Å². The van der Waals surface area contributed by atoms with Crippen LogP contribution in [0.2, 0.25) is 0 Å². The molecule has 1 unspecified atom stereocenters. The summed E-state index contributed by atoms with van der Waals surface area (Å²) in [6, 6.07) is 7.45. The van der Waals surface area contributed by atoms with Crippen LogP contribution in [0.3, 0.4) is 0 Å². The van der Waals surface area contributed by atoms with Crippen molar-refractivity contribution in [1.82, 2.24) is 0 Å². The van der Waals surface area contributed by atoms with E-state index in [4.69, 9.17) is 5.26 Å². The lowest BCUT2D eigenvalue weighted by Gasteiger charge is -2.10. The topological polar surface area (TPSA) is 62.1 Å². The van der Waals surface area contributed by atoms with E-state index < -0.39 is 18.4 Å². The molecule has 1 rings (SSSR count). The first-order valence-electron chi connectivity index (χ1n) is 5.82. The predicted octanol–water partition coefficient (Wildman–Crippen LogP) is 3.17. The van der Waals surface area contributed by atoms with Gasteiger partial charge in [-0.15, -0.1) is 0 Å². The summed E-state index contributed by atoms with van der Waals surface area (Å²) in [5.41, 5.74) is 0.433. The normalized spacial score (nSPS) is 11.7. The average Bonchev–Trinajstić information content (AvgIpc) is 2.37. The summed E-state index contributed by atoms with van der Waals surface area (Å²) in [5, 5.41) is 11.4. The van der Waals surface area contributed by atoms with Crippen LogP contribution in [0.5, 0.6) is 5.75 Å². The molecule has 0 aliphatic heterocycles. The number of nitrogens with one attached hydrogen (secondary N) is 1. The molecule has 0 aliphatic rings. The highest BCUT2D eigenvalue weighted by molar-refractivity contribution is 5.94. The van der Waals surface area contributed by atoms with E-state index in [1.165, 1.54) is 24.3 Å². The quantitative estimate of drug-likeness (QED) is 0.862. The fourth-order valence-corrected chi connectivity index (χ4v) is 1.49. The van der Waals surface area contributed by atoms with Crippen molar-refractivity contribution < 1.29 is 18.3 Å². The molecule has 102 valence electrons. The van der Waals surface area contributed by atoms with Crippen LogP contribution in [0, 0.1) is 17.2 Å². The van der Waals surface area contributed by atoms with Crippen molar-refractivity contribution in [1.29, 1.82) is 5.26 Å². The van der Waals surface area contributed by atoms with Crippen LogP contribution in [0.4, 0.5) is 14.5 Å². The van der Waals surface area contributed by atoms with E-state index in [1.54, 1.807) is 0 Å². The number of nitriles is 1. The second kappa shape index (κ2) is 7.31. The number of alkyl halides is 2. The van der Waals surface area contributed by atoms with Crippen LogP contribution in [-0.2, 0) is 4.79 Å². The highest BCUT2D eigenvalue weighted by atomic mass is 19.3. The van der Waals surface area contributed by atoms with Crippen LogP contribution >= 0.6 is 0 Å². The first-order chi connectivity index (χ1) is 9.06. The van der Waals surface area contributed by atoms with E-state index >= 15 is 0 Å². The van der Waals surface area contributed by atoms with Gasteiger partial charge in [-0.1, -0.05) is 13.3 Å². The average molecular weight is 268 g/mol. The van der Waals surface area contributed by atoms with Gasteiger partial charge in [0, 0.05) is 5.69 Å². The van der Waals surface area contributed by atoms with E-state index in [1.807, 2.05) is 13.0 Å². The van der Waals surface area contributed by atoms with Gasteiger partial charge in [-0.3, -0.25) is 4.79 Å². The Labute approximate surface area is 110 Å². The summed E-state index contributed by atoms with van der Waals surface area (Å²) >= 11 is 0. The van der Waals surface area contributed by atoms with E-state index in [9.17, 15) is 13.6 Å². The summed E-state index contributed by atoms with van der Waals surface area (Å²) in [4.78, 5) is 11.7. The molecule has 0 bridgehead atoms. The van der Waals surface area contributed by atoms with Gasteiger partial charge < -0.3 is 10.1 Å². The largest absolute Gasteiger partial charge is 0.435 e. The first kappa shape index (κ1) is 14.9. The summed E-state index contributed by atoms with van der Waals surface area (Å²) in [6.45, 7) is -0.998. The van der Waals surface area contributed by atoms with Crippen molar-refractivity contribution in [3.8, 4) is 11.8 Å². The molecule has 1 amide bonds. The van der Waals surface area contributed by atoms with E-state index in [-0.39, 0.29) is 5.75 Å². The minimum absolute atomic E-state index is 0.0124. The number of anilines is 1. The second-order valence-corrected chi connectivity index (χ2v) is 3.86. The molecule has 1 aromatic carbocycles.